The van der Waals surface area contributed by atoms with E-state index in [1.54, 1.807) is 41.2 Å². The number of H-pyrrole nitrogens is 1. The summed E-state index contributed by atoms with van der Waals surface area (Å²) in [5, 5.41) is 7.71. The lowest BCUT2D eigenvalue weighted by Crippen LogP contribution is -2.60. The van der Waals surface area contributed by atoms with Crippen LogP contribution in [0.2, 0.25) is 5.02 Å². The average Bonchev–Trinajstić information content (AvgIpc) is 3.87. The molecule has 2 fully saturated rings. The van der Waals surface area contributed by atoms with Gasteiger partial charge in [-0.05, 0) is 67.5 Å². The third-order valence-electron chi connectivity index (χ3n) is 11.0. The minimum Gasteiger partial charge on any atom is -0.453 e. The van der Waals surface area contributed by atoms with E-state index in [4.69, 9.17) is 21.3 Å². The van der Waals surface area contributed by atoms with E-state index in [2.05, 4.69) is 25.9 Å². The highest BCUT2D eigenvalue weighted by Gasteiger charge is 2.40. The maximum Gasteiger partial charge on any atom is 0.417 e. The van der Waals surface area contributed by atoms with E-state index in [1.807, 2.05) is 39.5 Å². The molecule has 0 bridgehead atoms. The van der Waals surface area contributed by atoms with Crippen LogP contribution in [0.5, 0.6) is 0 Å². The van der Waals surface area contributed by atoms with Crippen molar-refractivity contribution in [2.45, 2.75) is 71.4 Å². The molecular formula is C42H49ClF3N9O5. The number of hydrogen-bond donors (Lipinski definition) is 4. The fraction of sp³-hybridized carbons (Fsp3) is 0.429. The monoisotopic (exact) mass is 851 g/mol. The van der Waals surface area contributed by atoms with Gasteiger partial charge in [0.1, 0.15) is 17.7 Å². The molecule has 0 unspecified atom stereocenters. The number of urea groups is 1. The first kappa shape index (κ1) is 43.7. The molecule has 5 amide bonds. The quantitative estimate of drug-likeness (QED) is 0.134. The molecule has 4 heterocycles. The van der Waals surface area contributed by atoms with Gasteiger partial charge in [0.15, 0.2) is 0 Å². The van der Waals surface area contributed by atoms with Gasteiger partial charge in [0.2, 0.25) is 5.91 Å². The first-order valence-corrected chi connectivity index (χ1v) is 20.0. The summed E-state index contributed by atoms with van der Waals surface area (Å²) in [5.41, 5.74) is 0.109. The van der Waals surface area contributed by atoms with E-state index in [9.17, 15) is 32.3 Å². The van der Waals surface area contributed by atoms with Gasteiger partial charge in [0.05, 0.1) is 40.7 Å². The van der Waals surface area contributed by atoms with Crippen molar-refractivity contribution >= 4 is 47.0 Å². The highest BCUT2D eigenvalue weighted by atomic mass is 35.5. The van der Waals surface area contributed by atoms with Crippen molar-refractivity contribution in [1.82, 2.24) is 35.4 Å². The van der Waals surface area contributed by atoms with E-state index in [0.717, 1.165) is 6.07 Å². The molecule has 2 aliphatic heterocycles. The number of carbonyl (C=O) groups is 4. The van der Waals surface area contributed by atoms with Crippen molar-refractivity contribution in [1.29, 1.82) is 0 Å². The molecule has 2 aromatic carbocycles. The number of nitrogens with zero attached hydrogens (tertiary/aromatic N) is 5. The number of aromatic nitrogens is 3. The van der Waals surface area contributed by atoms with Crippen molar-refractivity contribution in [3.63, 3.8) is 0 Å². The Labute approximate surface area is 351 Å². The van der Waals surface area contributed by atoms with E-state index >= 15 is 0 Å². The maximum atomic E-state index is 14.6. The minimum absolute atomic E-state index is 0.0587. The molecule has 2 aromatic heterocycles. The first-order chi connectivity index (χ1) is 28.4. The number of likely N-dealkylation sites (tertiary alicyclic amines) is 1. The fourth-order valence-electron chi connectivity index (χ4n) is 7.80. The predicted molar refractivity (Wildman–Crippen MR) is 221 cm³/mol. The number of amides is 5. The van der Waals surface area contributed by atoms with Gasteiger partial charge in [0.25, 0.3) is 5.91 Å². The Kier molecular flexibility index (Phi) is 13.0. The highest BCUT2D eigenvalue weighted by molar-refractivity contribution is 6.34. The number of benzene rings is 2. The van der Waals surface area contributed by atoms with E-state index in [-0.39, 0.29) is 69.3 Å². The van der Waals surface area contributed by atoms with Crippen molar-refractivity contribution in [2.75, 3.05) is 44.0 Å². The van der Waals surface area contributed by atoms with Crippen LogP contribution in [-0.4, -0.2) is 101 Å². The normalized spacial score (nSPS) is 19.9. The summed E-state index contributed by atoms with van der Waals surface area (Å²) >= 11 is 6.53. The molecule has 5 atom stereocenters. The molecule has 18 heteroatoms. The Morgan fingerprint density at radius 2 is 1.65 bits per heavy atom. The number of piperazine rings is 1. The molecule has 0 aliphatic carbocycles. The second kappa shape index (κ2) is 17.8. The van der Waals surface area contributed by atoms with Crippen molar-refractivity contribution in [3.8, 4) is 22.4 Å². The van der Waals surface area contributed by atoms with Crippen molar-refractivity contribution in [3.05, 3.63) is 82.9 Å². The summed E-state index contributed by atoms with van der Waals surface area (Å²) in [5.74, 6) is 0.162. The Morgan fingerprint density at radius 1 is 0.950 bits per heavy atom. The van der Waals surface area contributed by atoms with Gasteiger partial charge in [-0.15, -0.1) is 0 Å². The molecule has 6 rings (SSSR count). The molecule has 60 heavy (non-hydrogen) atoms. The number of carbonyl (C=O) groups excluding carboxylic acids is 4. The van der Waals surface area contributed by atoms with E-state index < -0.39 is 29.8 Å². The Balaban J connectivity index is 1.17. The number of methoxy groups -OCH3 is 1. The lowest BCUT2D eigenvalue weighted by molar-refractivity contribution is -0.137. The number of halogens is 4. The Morgan fingerprint density at radius 3 is 2.27 bits per heavy atom. The summed E-state index contributed by atoms with van der Waals surface area (Å²) in [4.78, 5) is 69.1. The number of ether oxygens (including phenoxy) is 1. The molecule has 14 nitrogen and oxygen atoms in total. The topological polar surface area (TPSA) is 165 Å². The highest BCUT2D eigenvalue weighted by Crippen LogP contribution is 2.42. The zero-order valence-corrected chi connectivity index (χ0v) is 35.1. The minimum atomic E-state index is -4.79. The Hall–Kier alpha value is -5.84. The number of rotatable bonds is 9. The number of anilines is 2. The summed E-state index contributed by atoms with van der Waals surface area (Å²) in [6, 6.07) is 10.1. The summed E-state index contributed by atoms with van der Waals surface area (Å²) in [6.07, 6.45) is -1.83. The molecule has 320 valence electrons. The molecule has 0 spiro atoms. The van der Waals surface area contributed by atoms with Gasteiger partial charge in [-0.3, -0.25) is 9.59 Å². The van der Waals surface area contributed by atoms with Crippen LogP contribution >= 0.6 is 11.6 Å². The average molecular weight is 852 g/mol. The Bertz CT molecular complexity index is 2220. The fourth-order valence-corrected chi connectivity index (χ4v) is 8.01. The van der Waals surface area contributed by atoms with Gasteiger partial charge in [-0.2, -0.15) is 13.2 Å². The number of nitrogens with one attached hydrogen (secondary N) is 4. The van der Waals surface area contributed by atoms with E-state index in [1.165, 1.54) is 37.6 Å². The molecule has 4 N–H and O–H groups in total. The van der Waals surface area contributed by atoms with Crippen LogP contribution in [-0.2, 0) is 15.7 Å². The van der Waals surface area contributed by atoms with Crippen LogP contribution in [0.4, 0.5) is 34.3 Å². The van der Waals surface area contributed by atoms with Crippen LogP contribution in [0.15, 0.2) is 60.9 Å². The van der Waals surface area contributed by atoms with Crippen LogP contribution < -0.4 is 20.9 Å². The largest absolute Gasteiger partial charge is 0.453 e. The maximum absolute atomic E-state index is 14.6. The van der Waals surface area contributed by atoms with Crippen LogP contribution in [0.25, 0.3) is 22.4 Å². The number of hydrogen-bond acceptors (Lipinski definition) is 8. The molecule has 0 saturated carbocycles. The summed E-state index contributed by atoms with van der Waals surface area (Å²) < 4.78 is 48.5. The molecule has 0 radical (unpaired) electrons. The third-order valence-corrected chi connectivity index (χ3v) is 11.3. The van der Waals surface area contributed by atoms with Gasteiger partial charge in [-0.1, -0.05) is 56.6 Å². The molecule has 2 aliphatic rings. The lowest BCUT2D eigenvalue weighted by Gasteiger charge is -2.44. The molecular weight excluding hydrogens is 803 g/mol. The van der Waals surface area contributed by atoms with E-state index in [0.29, 0.717) is 49.0 Å². The van der Waals surface area contributed by atoms with Gasteiger partial charge < -0.3 is 40.4 Å². The van der Waals surface area contributed by atoms with Crippen LogP contribution in [0.1, 0.15) is 68.8 Å². The predicted octanol–water partition coefficient (Wildman–Crippen LogP) is 7.59. The van der Waals surface area contributed by atoms with Crippen molar-refractivity contribution < 1.29 is 37.1 Å². The number of aromatic amines is 1. The zero-order valence-electron chi connectivity index (χ0n) is 34.4. The zero-order chi connectivity index (χ0) is 43.6. The van der Waals surface area contributed by atoms with Gasteiger partial charge in [0, 0.05) is 56.7 Å². The SMILES string of the molecule is CNC(=O)N1C[C@@H](C)N(c2ccc(C(=O)Nc3cc(C(F)(F)F)c(-c4ccc(-c5c[nH]c([C@@H]6C[C@H](C)CN6C(=O)[C@@H](NC(=O)OC)C(C)C)n5)cc4)cc3Cl)cn2)C[C@@H]1C. The number of alkyl halides is 3. The van der Waals surface area contributed by atoms with Gasteiger partial charge >= 0.3 is 18.3 Å². The molecule has 4 aromatic rings. The van der Waals surface area contributed by atoms with Crippen LogP contribution in [0.3, 0.4) is 0 Å². The summed E-state index contributed by atoms with van der Waals surface area (Å²) in [6.45, 7) is 11.1. The molecule has 2 saturated heterocycles. The second-order valence-corrected chi connectivity index (χ2v) is 16.2. The van der Waals surface area contributed by atoms with Gasteiger partial charge in [-0.25, -0.2) is 19.6 Å². The number of pyridine rings is 1. The van der Waals surface area contributed by atoms with Crippen molar-refractivity contribution in [2.24, 2.45) is 11.8 Å². The summed E-state index contributed by atoms with van der Waals surface area (Å²) in [7, 11) is 2.82. The number of imidazole rings is 1. The first-order valence-electron chi connectivity index (χ1n) is 19.6. The van der Waals surface area contributed by atoms with Crippen LogP contribution in [0, 0.1) is 11.8 Å². The smallest absolute Gasteiger partial charge is 0.417 e. The second-order valence-electron chi connectivity index (χ2n) is 15.7. The lowest BCUT2D eigenvalue weighted by atomic mass is 9.97. The third kappa shape index (κ3) is 9.30. The standard InChI is InChI=1S/C42H49ClF3N9O5/c1-22(2)36(52-41(59)60-7)39(57)55-19-23(3)14-34(55)37-49-18-33(50-37)27-10-8-26(9-11-27)29-15-31(43)32(16-30(29)42(44,45)46)51-38(56)28-12-13-35(48-17-28)53-20-25(5)54(21-24(53)4)40(58)47-6/h8-13,15-18,22-25,34,36H,14,19-21H2,1-7H3,(H,47,58)(H,49,50)(H,51,56)(H,52,59)/t23-,24+,25-,34-,36-/m0/s1. The number of alkyl carbamates (subject to hydrolysis) is 1.